The van der Waals surface area contributed by atoms with Gasteiger partial charge in [0.25, 0.3) is 0 Å². The SMILES string of the molecule is c1ccc(-c2nc(-c3cccnc3)nc(-c3cc(-c4cc5c6ccccc6n6c7ccccc7c(c4)c56)c4sc5ccccc5c4c3)n2)cc1. The van der Waals surface area contributed by atoms with Crippen molar-refractivity contribution in [3.05, 3.63) is 152 Å². The fourth-order valence-corrected chi connectivity index (χ4v) is 8.84. The molecule has 5 heterocycles. The van der Waals surface area contributed by atoms with Gasteiger partial charge in [-0.2, -0.15) is 0 Å². The Bertz CT molecular complexity index is 2950. The van der Waals surface area contributed by atoms with Gasteiger partial charge in [-0.05, 0) is 60.2 Å². The molecule has 0 aliphatic carbocycles. The van der Waals surface area contributed by atoms with E-state index in [0.717, 1.165) is 16.7 Å². The Hall–Kier alpha value is -6.50. The van der Waals surface area contributed by atoms with Gasteiger partial charge in [0.2, 0.25) is 0 Å². The van der Waals surface area contributed by atoms with Crippen LogP contribution in [-0.2, 0) is 0 Å². The summed E-state index contributed by atoms with van der Waals surface area (Å²) in [5.74, 6) is 1.85. The molecule has 5 aromatic heterocycles. The third-order valence-electron chi connectivity index (χ3n) is 9.84. The van der Waals surface area contributed by atoms with Crippen molar-refractivity contribution in [1.29, 1.82) is 0 Å². The zero-order valence-corrected chi connectivity index (χ0v) is 27.4. The highest BCUT2D eigenvalue weighted by atomic mass is 32.1. The van der Waals surface area contributed by atoms with E-state index in [1.54, 1.807) is 12.4 Å². The zero-order chi connectivity index (χ0) is 32.8. The van der Waals surface area contributed by atoms with E-state index in [4.69, 9.17) is 15.0 Å². The van der Waals surface area contributed by atoms with Crippen LogP contribution in [0.1, 0.15) is 0 Å². The first kappa shape index (κ1) is 27.5. The average molecular weight is 656 g/mol. The minimum Gasteiger partial charge on any atom is -0.308 e. The van der Waals surface area contributed by atoms with Crippen LogP contribution in [0.25, 0.3) is 104 Å². The molecule has 0 spiro atoms. The van der Waals surface area contributed by atoms with Gasteiger partial charge in [0, 0.05) is 76.4 Å². The number of pyridine rings is 1. The van der Waals surface area contributed by atoms with E-state index in [2.05, 4.69) is 106 Å². The van der Waals surface area contributed by atoms with Crippen LogP contribution in [0.15, 0.2) is 152 Å². The molecule has 0 bridgehead atoms. The summed E-state index contributed by atoms with van der Waals surface area (Å²) in [5, 5.41) is 7.46. The number of hydrogen-bond acceptors (Lipinski definition) is 5. The van der Waals surface area contributed by atoms with Crippen molar-refractivity contribution in [3.8, 4) is 45.3 Å². The number of thiophene rings is 1. The fraction of sp³-hybridized carbons (Fsp3) is 0. The van der Waals surface area contributed by atoms with Crippen molar-refractivity contribution < 1.29 is 0 Å². The van der Waals surface area contributed by atoms with Crippen LogP contribution in [0.4, 0.5) is 0 Å². The maximum Gasteiger partial charge on any atom is 0.165 e. The molecular weight excluding hydrogens is 631 g/mol. The van der Waals surface area contributed by atoms with Gasteiger partial charge >= 0.3 is 0 Å². The third kappa shape index (κ3) is 4.00. The highest BCUT2D eigenvalue weighted by molar-refractivity contribution is 7.26. The summed E-state index contributed by atoms with van der Waals surface area (Å²) in [4.78, 5) is 19.5. The van der Waals surface area contributed by atoms with E-state index in [1.165, 1.54) is 69.4 Å². The summed E-state index contributed by atoms with van der Waals surface area (Å²) in [5.41, 5.74) is 8.80. The predicted molar refractivity (Wildman–Crippen MR) is 207 cm³/mol. The van der Waals surface area contributed by atoms with Gasteiger partial charge in [0.05, 0.1) is 16.6 Å². The Labute approximate surface area is 290 Å². The topological polar surface area (TPSA) is 56.0 Å². The molecule has 0 amide bonds. The van der Waals surface area contributed by atoms with Crippen LogP contribution in [0.2, 0.25) is 0 Å². The van der Waals surface area contributed by atoms with Crippen LogP contribution in [0.3, 0.4) is 0 Å². The molecule has 0 radical (unpaired) electrons. The van der Waals surface area contributed by atoms with Gasteiger partial charge < -0.3 is 4.40 Å². The lowest BCUT2D eigenvalue weighted by Gasteiger charge is -2.11. The fourth-order valence-electron chi connectivity index (χ4n) is 7.62. The Morgan fingerprint density at radius 1 is 0.440 bits per heavy atom. The Kier molecular flexibility index (Phi) is 5.76. The minimum atomic E-state index is 0.595. The Balaban J connectivity index is 1.24. The van der Waals surface area contributed by atoms with Crippen LogP contribution in [0, 0.1) is 0 Å². The van der Waals surface area contributed by atoms with Gasteiger partial charge in [-0.25, -0.2) is 15.0 Å². The highest BCUT2D eigenvalue weighted by Crippen LogP contribution is 2.46. The second-order valence-electron chi connectivity index (χ2n) is 12.7. The van der Waals surface area contributed by atoms with E-state index in [1.807, 2.05) is 53.8 Å². The van der Waals surface area contributed by atoms with Gasteiger partial charge in [-0.3, -0.25) is 4.98 Å². The number of fused-ring (bicyclic) bond motifs is 9. The molecule has 0 saturated carbocycles. The van der Waals surface area contributed by atoms with Crippen molar-refractivity contribution >= 4 is 69.6 Å². The quantitative estimate of drug-likeness (QED) is 0.189. The van der Waals surface area contributed by atoms with Crippen molar-refractivity contribution in [1.82, 2.24) is 24.3 Å². The van der Waals surface area contributed by atoms with Gasteiger partial charge in [-0.15, -0.1) is 11.3 Å². The molecule has 6 heteroatoms. The maximum absolute atomic E-state index is 5.12. The molecule has 0 fully saturated rings. The summed E-state index contributed by atoms with van der Waals surface area (Å²) in [6.07, 6.45) is 3.57. The lowest BCUT2D eigenvalue weighted by Crippen LogP contribution is -2.00. The number of aromatic nitrogens is 5. The first-order chi connectivity index (χ1) is 24.8. The normalized spacial score (nSPS) is 12.0. The molecule has 0 unspecified atom stereocenters. The van der Waals surface area contributed by atoms with Crippen molar-refractivity contribution in [3.63, 3.8) is 0 Å². The first-order valence-corrected chi connectivity index (χ1v) is 17.4. The lowest BCUT2D eigenvalue weighted by atomic mass is 9.96. The molecular formula is C44H25N5S. The number of para-hydroxylation sites is 2. The standard InChI is InChI=1S/C44H25N5S/c1-2-11-26(12-3-1)42-46-43(27-13-10-20-45-25-27)48-44(47-42)29-23-33(41-36(24-29)32-16-6-9-19-39(32)50-41)28-21-34-30-14-4-7-17-37(30)49-38-18-8-5-15-31(38)35(22-28)40(34)49/h1-25H. The highest BCUT2D eigenvalue weighted by Gasteiger charge is 2.21. The van der Waals surface area contributed by atoms with Crippen LogP contribution < -0.4 is 0 Å². The summed E-state index contributed by atoms with van der Waals surface area (Å²) >= 11 is 1.84. The maximum atomic E-state index is 5.12. The molecule has 6 aromatic carbocycles. The number of rotatable bonds is 4. The van der Waals surface area contributed by atoms with Gasteiger partial charge in [0.15, 0.2) is 17.5 Å². The van der Waals surface area contributed by atoms with Crippen molar-refractivity contribution in [2.24, 2.45) is 0 Å². The van der Waals surface area contributed by atoms with Crippen LogP contribution in [-0.4, -0.2) is 24.3 Å². The van der Waals surface area contributed by atoms with Crippen LogP contribution >= 0.6 is 11.3 Å². The largest absolute Gasteiger partial charge is 0.308 e. The number of hydrogen-bond donors (Lipinski definition) is 0. The minimum absolute atomic E-state index is 0.595. The predicted octanol–water partition coefficient (Wildman–Crippen LogP) is 11.5. The average Bonchev–Trinajstić information content (AvgIpc) is 3.85. The molecule has 0 atom stereocenters. The molecule has 0 saturated heterocycles. The van der Waals surface area contributed by atoms with Gasteiger partial charge in [0.1, 0.15) is 0 Å². The second kappa shape index (κ2) is 10.5. The molecule has 11 aromatic rings. The number of benzene rings is 6. The molecule has 0 N–H and O–H groups in total. The van der Waals surface area contributed by atoms with E-state index >= 15 is 0 Å². The molecule has 11 rings (SSSR count). The van der Waals surface area contributed by atoms with E-state index in [0.29, 0.717) is 17.5 Å². The summed E-state index contributed by atoms with van der Waals surface area (Å²) < 4.78 is 4.94. The first-order valence-electron chi connectivity index (χ1n) is 16.6. The van der Waals surface area contributed by atoms with Crippen LogP contribution in [0.5, 0.6) is 0 Å². The molecule has 5 nitrogen and oxygen atoms in total. The Morgan fingerprint density at radius 3 is 1.72 bits per heavy atom. The molecule has 50 heavy (non-hydrogen) atoms. The van der Waals surface area contributed by atoms with Gasteiger partial charge in [-0.1, -0.05) is 84.9 Å². The summed E-state index contributed by atoms with van der Waals surface area (Å²) in [6.45, 7) is 0. The van der Waals surface area contributed by atoms with Crippen molar-refractivity contribution in [2.75, 3.05) is 0 Å². The van der Waals surface area contributed by atoms with Crippen molar-refractivity contribution in [2.45, 2.75) is 0 Å². The molecule has 232 valence electrons. The Morgan fingerprint density at radius 2 is 1.02 bits per heavy atom. The molecule has 0 aliphatic rings. The smallest absolute Gasteiger partial charge is 0.165 e. The number of nitrogens with zero attached hydrogens (tertiary/aromatic N) is 5. The van der Waals surface area contributed by atoms with E-state index in [9.17, 15) is 0 Å². The lowest BCUT2D eigenvalue weighted by molar-refractivity contribution is 1.07. The third-order valence-corrected chi connectivity index (χ3v) is 11.1. The van der Waals surface area contributed by atoms with E-state index in [-0.39, 0.29) is 0 Å². The summed E-state index contributed by atoms with van der Waals surface area (Å²) in [7, 11) is 0. The summed E-state index contributed by atoms with van der Waals surface area (Å²) in [6, 6.07) is 49.5. The monoisotopic (exact) mass is 655 g/mol. The van der Waals surface area contributed by atoms with E-state index < -0.39 is 0 Å². The zero-order valence-electron chi connectivity index (χ0n) is 26.6. The second-order valence-corrected chi connectivity index (χ2v) is 13.8. The molecule has 0 aliphatic heterocycles.